The van der Waals surface area contributed by atoms with Gasteiger partial charge in [0.1, 0.15) is 0 Å². The summed E-state index contributed by atoms with van der Waals surface area (Å²) in [6.07, 6.45) is 9.38. The molecule has 0 spiro atoms. The molecule has 5 nitrogen and oxygen atoms in total. The lowest BCUT2D eigenvalue weighted by atomic mass is 10.0. The highest BCUT2D eigenvalue weighted by atomic mass is 16.5. The van der Waals surface area contributed by atoms with Crippen molar-refractivity contribution in [2.24, 2.45) is 0 Å². The van der Waals surface area contributed by atoms with E-state index in [0.717, 1.165) is 42.7 Å². The Labute approximate surface area is 148 Å². The van der Waals surface area contributed by atoms with Crippen LogP contribution in [-0.4, -0.2) is 30.3 Å². The zero-order valence-electron chi connectivity index (χ0n) is 14.4. The van der Waals surface area contributed by atoms with Gasteiger partial charge in [-0.3, -0.25) is 4.98 Å². The van der Waals surface area contributed by atoms with Crippen LogP contribution in [0.1, 0.15) is 32.1 Å². The van der Waals surface area contributed by atoms with Crippen LogP contribution in [0.4, 0.5) is 10.5 Å². The number of carbonyl (C=O) groups is 1. The van der Waals surface area contributed by atoms with E-state index in [-0.39, 0.29) is 6.03 Å². The number of benzene rings is 1. The smallest absolute Gasteiger partial charge is 0.319 e. The lowest BCUT2D eigenvalue weighted by Crippen LogP contribution is -2.30. The largest absolute Gasteiger partial charge is 0.378 e. The average molecular weight is 339 g/mol. The molecule has 2 heterocycles. The predicted octanol–water partition coefficient (Wildman–Crippen LogP) is 4.22. The maximum absolute atomic E-state index is 12.2. The Bertz CT molecular complexity index is 670. The summed E-state index contributed by atoms with van der Waals surface area (Å²) in [5.41, 5.74) is 2.80. The van der Waals surface area contributed by atoms with E-state index in [1.54, 1.807) is 12.4 Å². The second-order valence-electron chi connectivity index (χ2n) is 6.29. The third-order valence-corrected chi connectivity index (χ3v) is 4.43. The first kappa shape index (κ1) is 17.4. The van der Waals surface area contributed by atoms with Crippen LogP contribution in [0.15, 0.2) is 48.8 Å². The van der Waals surface area contributed by atoms with E-state index in [9.17, 15) is 4.79 Å². The van der Waals surface area contributed by atoms with Gasteiger partial charge in [0.05, 0.1) is 11.8 Å². The molecule has 1 aliphatic rings. The third-order valence-electron chi connectivity index (χ3n) is 4.43. The number of carbonyl (C=O) groups excluding carboxylic acids is 1. The van der Waals surface area contributed by atoms with Gasteiger partial charge in [-0.25, -0.2) is 4.79 Å². The molecule has 1 unspecified atom stereocenters. The third kappa shape index (κ3) is 5.29. The van der Waals surface area contributed by atoms with Crippen LogP contribution >= 0.6 is 0 Å². The number of hydrogen-bond acceptors (Lipinski definition) is 3. The maximum atomic E-state index is 12.2. The first-order valence-electron chi connectivity index (χ1n) is 8.99. The normalized spacial score (nSPS) is 17.0. The molecule has 3 rings (SSSR count). The van der Waals surface area contributed by atoms with E-state index in [0.29, 0.717) is 12.6 Å². The van der Waals surface area contributed by atoms with Crippen LogP contribution in [0.5, 0.6) is 0 Å². The molecule has 2 N–H and O–H groups in total. The van der Waals surface area contributed by atoms with Gasteiger partial charge in [0, 0.05) is 31.1 Å². The van der Waals surface area contributed by atoms with Crippen LogP contribution in [0.3, 0.4) is 0 Å². The number of pyridine rings is 1. The quantitative estimate of drug-likeness (QED) is 0.775. The fourth-order valence-electron chi connectivity index (χ4n) is 3.11. The average Bonchev–Trinajstić information content (AvgIpc) is 2.67. The number of rotatable bonds is 6. The van der Waals surface area contributed by atoms with Gasteiger partial charge in [0.2, 0.25) is 0 Å². The van der Waals surface area contributed by atoms with E-state index in [4.69, 9.17) is 4.74 Å². The number of para-hydroxylation sites is 1. The number of amides is 2. The molecule has 1 saturated heterocycles. The fraction of sp³-hybridized carbons (Fsp3) is 0.400. The van der Waals surface area contributed by atoms with E-state index < -0.39 is 0 Å². The second kappa shape index (κ2) is 9.18. The maximum Gasteiger partial charge on any atom is 0.319 e. The molecule has 2 amide bonds. The van der Waals surface area contributed by atoms with Crippen molar-refractivity contribution in [2.45, 2.75) is 38.2 Å². The highest BCUT2D eigenvalue weighted by Gasteiger charge is 2.13. The minimum Gasteiger partial charge on any atom is -0.378 e. The minimum atomic E-state index is -0.175. The van der Waals surface area contributed by atoms with Crippen molar-refractivity contribution in [2.75, 3.05) is 18.5 Å². The van der Waals surface area contributed by atoms with E-state index in [2.05, 4.69) is 15.6 Å². The van der Waals surface area contributed by atoms with Crippen LogP contribution in [0.25, 0.3) is 11.1 Å². The van der Waals surface area contributed by atoms with E-state index in [1.807, 2.05) is 36.4 Å². The van der Waals surface area contributed by atoms with Crippen molar-refractivity contribution < 1.29 is 9.53 Å². The summed E-state index contributed by atoms with van der Waals surface area (Å²) in [5, 5.41) is 5.88. The Hall–Kier alpha value is -2.40. The number of hydrogen-bond donors (Lipinski definition) is 2. The summed E-state index contributed by atoms with van der Waals surface area (Å²) >= 11 is 0. The summed E-state index contributed by atoms with van der Waals surface area (Å²) in [6, 6.07) is 11.5. The minimum absolute atomic E-state index is 0.175. The van der Waals surface area contributed by atoms with Crippen molar-refractivity contribution in [3.05, 3.63) is 48.8 Å². The molecular formula is C20H25N3O2. The van der Waals surface area contributed by atoms with E-state index in [1.165, 1.54) is 12.8 Å². The van der Waals surface area contributed by atoms with Crippen molar-refractivity contribution in [1.82, 2.24) is 10.3 Å². The SMILES string of the molecule is O=C(NCCCC1CCCCO1)Nc1ccccc1-c1ccncc1. The number of anilines is 1. The monoisotopic (exact) mass is 339 g/mol. The molecule has 25 heavy (non-hydrogen) atoms. The summed E-state index contributed by atoms with van der Waals surface area (Å²) in [4.78, 5) is 16.2. The Morgan fingerprint density at radius 2 is 2.00 bits per heavy atom. The predicted molar refractivity (Wildman–Crippen MR) is 99.5 cm³/mol. The Kier molecular flexibility index (Phi) is 6.40. The van der Waals surface area contributed by atoms with Gasteiger partial charge in [-0.1, -0.05) is 18.2 Å². The Balaban J connectivity index is 1.48. The van der Waals surface area contributed by atoms with Gasteiger partial charge in [0.25, 0.3) is 0 Å². The number of aromatic nitrogens is 1. The standard InChI is InChI=1S/C20H25N3O2/c24-20(22-12-5-7-17-6-3-4-15-25-17)23-19-9-2-1-8-18(19)16-10-13-21-14-11-16/h1-2,8-11,13-14,17H,3-7,12,15H2,(H2,22,23,24). The Morgan fingerprint density at radius 1 is 1.16 bits per heavy atom. The highest BCUT2D eigenvalue weighted by Crippen LogP contribution is 2.27. The molecule has 0 saturated carbocycles. The zero-order valence-corrected chi connectivity index (χ0v) is 14.4. The molecule has 0 aliphatic carbocycles. The van der Waals surface area contributed by atoms with Crippen molar-refractivity contribution in [3.63, 3.8) is 0 Å². The zero-order chi connectivity index (χ0) is 17.3. The van der Waals surface area contributed by atoms with Gasteiger partial charge in [-0.2, -0.15) is 0 Å². The van der Waals surface area contributed by atoms with Crippen molar-refractivity contribution in [3.8, 4) is 11.1 Å². The van der Waals surface area contributed by atoms with Crippen LogP contribution in [-0.2, 0) is 4.74 Å². The number of ether oxygens (including phenoxy) is 1. The van der Waals surface area contributed by atoms with Crippen LogP contribution in [0, 0.1) is 0 Å². The first-order chi connectivity index (χ1) is 12.3. The number of nitrogens with one attached hydrogen (secondary N) is 2. The summed E-state index contributed by atoms with van der Waals surface area (Å²) in [5.74, 6) is 0. The molecule has 132 valence electrons. The second-order valence-corrected chi connectivity index (χ2v) is 6.29. The molecule has 1 aromatic heterocycles. The molecular weight excluding hydrogens is 314 g/mol. The van der Waals surface area contributed by atoms with Gasteiger partial charge in [-0.05, 0) is 55.9 Å². The molecule has 1 aromatic carbocycles. The van der Waals surface area contributed by atoms with Gasteiger partial charge < -0.3 is 15.4 Å². The molecule has 2 aromatic rings. The van der Waals surface area contributed by atoms with Crippen LogP contribution < -0.4 is 10.6 Å². The summed E-state index contributed by atoms with van der Waals surface area (Å²) in [6.45, 7) is 1.54. The van der Waals surface area contributed by atoms with E-state index >= 15 is 0 Å². The molecule has 1 fully saturated rings. The number of nitrogens with zero attached hydrogens (tertiary/aromatic N) is 1. The van der Waals surface area contributed by atoms with Gasteiger partial charge in [0.15, 0.2) is 0 Å². The highest BCUT2D eigenvalue weighted by molar-refractivity contribution is 5.94. The topological polar surface area (TPSA) is 63.2 Å². The van der Waals surface area contributed by atoms with Crippen molar-refractivity contribution >= 4 is 11.7 Å². The number of urea groups is 1. The molecule has 0 radical (unpaired) electrons. The van der Waals surface area contributed by atoms with Crippen molar-refractivity contribution in [1.29, 1.82) is 0 Å². The molecule has 5 heteroatoms. The Morgan fingerprint density at radius 3 is 2.80 bits per heavy atom. The van der Waals surface area contributed by atoms with Gasteiger partial charge in [-0.15, -0.1) is 0 Å². The molecule has 1 aliphatic heterocycles. The first-order valence-corrected chi connectivity index (χ1v) is 8.99. The summed E-state index contributed by atoms with van der Waals surface area (Å²) < 4.78 is 5.71. The lowest BCUT2D eigenvalue weighted by molar-refractivity contribution is 0.0103. The van der Waals surface area contributed by atoms with Gasteiger partial charge >= 0.3 is 6.03 Å². The van der Waals surface area contributed by atoms with Crippen LogP contribution in [0.2, 0.25) is 0 Å². The summed E-state index contributed by atoms with van der Waals surface area (Å²) in [7, 11) is 0. The fourth-order valence-corrected chi connectivity index (χ4v) is 3.11. The molecule has 0 bridgehead atoms. The molecule has 1 atom stereocenters. The lowest BCUT2D eigenvalue weighted by Gasteiger charge is -2.22.